The van der Waals surface area contributed by atoms with Crippen LogP contribution >= 0.6 is 0 Å². The second-order valence-electron chi connectivity index (χ2n) is 7.98. The Morgan fingerprint density at radius 3 is 2.79 bits per heavy atom. The smallest absolute Gasteiger partial charge is 0.252 e. The number of likely N-dealkylation sites (tertiary alicyclic amines) is 1. The Hall–Kier alpha value is -2.18. The summed E-state index contributed by atoms with van der Waals surface area (Å²) in [5, 5.41) is 0. The van der Waals surface area contributed by atoms with E-state index in [1.807, 2.05) is 0 Å². The number of morpholine rings is 1. The average Bonchev–Trinajstić information content (AvgIpc) is 3.22. The molecule has 2 aliphatic rings. The maximum absolute atomic E-state index is 12.2. The Labute approximate surface area is 166 Å². The Kier molecular flexibility index (Phi) is 6.07. The Morgan fingerprint density at radius 1 is 1.21 bits per heavy atom. The van der Waals surface area contributed by atoms with Gasteiger partial charge in [-0.2, -0.15) is 0 Å². The third kappa shape index (κ3) is 4.62. The molecular weight excluding hydrogens is 352 g/mol. The van der Waals surface area contributed by atoms with Crippen LogP contribution in [0.4, 0.5) is 5.95 Å². The van der Waals surface area contributed by atoms with E-state index < -0.39 is 0 Å². The molecule has 2 fully saturated rings. The van der Waals surface area contributed by atoms with E-state index in [1.54, 1.807) is 6.07 Å². The highest BCUT2D eigenvalue weighted by Gasteiger charge is 2.26. The molecule has 0 amide bonds. The van der Waals surface area contributed by atoms with Crippen LogP contribution in [0.5, 0.6) is 0 Å². The fourth-order valence-corrected chi connectivity index (χ4v) is 4.20. The zero-order valence-corrected chi connectivity index (χ0v) is 16.6. The average molecular weight is 383 g/mol. The van der Waals surface area contributed by atoms with Gasteiger partial charge in [0.25, 0.3) is 5.56 Å². The molecule has 2 aromatic rings. The summed E-state index contributed by atoms with van der Waals surface area (Å²) in [7, 11) is 0. The van der Waals surface area contributed by atoms with Gasteiger partial charge in [-0.05, 0) is 37.4 Å². The Morgan fingerprint density at radius 2 is 2.00 bits per heavy atom. The van der Waals surface area contributed by atoms with Crippen LogP contribution in [0.1, 0.15) is 42.9 Å². The minimum atomic E-state index is -0.0531. The van der Waals surface area contributed by atoms with E-state index in [9.17, 15) is 4.79 Å². The normalized spacial score (nSPS) is 21.8. The Bertz CT molecular complexity index is 817. The molecule has 1 aromatic heterocycles. The van der Waals surface area contributed by atoms with Crippen LogP contribution in [-0.4, -0.2) is 60.8 Å². The summed E-state index contributed by atoms with van der Waals surface area (Å²) in [6, 6.07) is 12.4. The summed E-state index contributed by atoms with van der Waals surface area (Å²) < 4.78 is 5.41. The topological polar surface area (TPSA) is 61.5 Å². The van der Waals surface area contributed by atoms with E-state index in [0.29, 0.717) is 31.0 Å². The van der Waals surface area contributed by atoms with Crippen molar-refractivity contribution in [2.24, 2.45) is 0 Å². The van der Waals surface area contributed by atoms with Crippen LogP contribution in [0, 0.1) is 0 Å². The Balaban J connectivity index is 1.36. The van der Waals surface area contributed by atoms with E-state index >= 15 is 0 Å². The van der Waals surface area contributed by atoms with Gasteiger partial charge in [-0.1, -0.05) is 37.3 Å². The zero-order chi connectivity index (χ0) is 19.3. The first-order valence-corrected chi connectivity index (χ1v) is 10.4. The van der Waals surface area contributed by atoms with Gasteiger partial charge in [0, 0.05) is 31.6 Å². The monoisotopic (exact) mass is 382 g/mol. The van der Waals surface area contributed by atoms with Gasteiger partial charge >= 0.3 is 0 Å². The third-order valence-corrected chi connectivity index (χ3v) is 6.00. The van der Waals surface area contributed by atoms with Gasteiger partial charge in [-0.25, -0.2) is 4.98 Å². The third-order valence-electron chi connectivity index (χ3n) is 6.00. The zero-order valence-electron chi connectivity index (χ0n) is 16.6. The van der Waals surface area contributed by atoms with Crippen LogP contribution in [-0.2, 0) is 4.74 Å². The van der Waals surface area contributed by atoms with Gasteiger partial charge in [-0.3, -0.25) is 9.78 Å². The van der Waals surface area contributed by atoms with E-state index in [4.69, 9.17) is 9.72 Å². The van der Waals surface area contributed by atoms with Crippen molar-refractivity contribution in [3.63, 3.8) is 0 Å². The van der Waals surface area contributed by atoms with Crippen molar-refractivity contribution in [2.75, 3.05) is 50.8 Å². The lowest BCUT2D eigenvalue weighted by Gasteiger charge is -2.27. The minimum absolute atomic E-state index is 0.0531. The van der Waals surface area contributed by atoms with Crippen LogP contribution in [0.25, 0.3) is 0 Å². The minimum Gasteiger partial charge on any atom is -0.378 e. The summed E-state index contributed by atoms with van der Waals surface area (Å²) >= 11 is 0. The van der Waals surface area contributed by atoms with Crippen LogP contribution < -0.4 is 10.5 Å². The number of hydrogen-bond donors (Lipinski definition) is 1. The molecule has 0 bridgehead atoms. The number of nitrogens with one attached hydrogen (secondary N) is 1. The lowest BCUT2D eigenvalue weighted by Crippen LogP contribution is -2.38. The number of ether oxygens (including phenoxy) is 1. The molecule has 0 saturated carbocycles. The molecule has 150 valence electrons. The second kappa shape index (κ2) is 8.88. The van der Waals surface area contributed by atoms with Gasteiger partial charge in [0.15, 0.2) is 0 Å². The molecular formula is C22H30N4O2. The van der Waals surface area contributed by atoms with Gasteiger partial charge in [0.2, 0.25) is 5.95 Å². The van der Waals surface area contributed by atoms with Crippen molar-refractivity contribution in [2.45, 2.75) is 31.6 Å². The number of hydrogen-bond acceptors (Lipinski definition) is 5. The fraction of sp³-hybridized carbons (Fsp3) is 0.545. The number of anilines is 1. The maximum Gasteiger partial charge on any atom is 0.252 e. The molecule has 28 heavy (non-hydrogen) atoms. The van der Waals surface area contributed by atoms with Crippen LogP contribution in [0.2, 0.25) is 0 Å². The van der Waals surface area contributed by atoms with E-state index in [1.165, 1.54) is 5.56 Å². The highest BCUT2D eigenvalue weighted by atomic mass is 16.5. The molecule has 0 radical (unpaired) electrons. The second-order valence-corrected chi connectivity index (χ2v) is 7.98. The lowest BCUT2D eigenvalue weighted by molar-refractivity contribution is 0.122. The summed E-state index contributed by atoms with van der Waals surface area (Å²) in [4.78, 5) is 24.5. The molecule has 2 aliphatic heterocycles. The molecule has 0 spiro atoms. The number of rotatable bonds is 6. The number of H-pyrrole nitrogens is 1. The number of nitrogens with zero attached hydrogens (tertiary/aromatic N) is 3. The first-order chi connectivity index (χ1) is 13.7. The standard InChI is InChI=1S/C22H30N4O2/c1-17(18-5-3-2-4-6-18)7-9-25-10-8-19(16-25)20-15-21(27)24-22(23-20)26-11-13-28-14-12-26/h2-6,15,17,19H,7-14,16H2,1H3,(H,23,24,27). The molecule has 3 heterocycles. The summed E-state index contributed by atoms with van der Waals surface area (Å²) in [6.07, 6.45) is 2.22. The van der Waals surface area contributed by atoms with Crippen molar-refractivity contribution in [3.05, 3.63) is 58.0 Å². The number of benzene rings is 1. The molecule has 2 atom stereocenters. The predicted octanol–water partition coefficient (Wildman–Crippen LogP) is 2.59. The highest BCUT2D eigenvalue weighted by molar-refractivity contribution is 5.32. The first kappa shape index (κ1) is 19.2. The van der Waals surface area contributed by atoms with Crippen molar-refractivity contribution in [1.29, 1.82) is 0 Å². The van der Waals surface area contributed by atoms with Crippen LogP contribution in [0.3, 0.4) is 0 Å². The van der Waals surface area contributed by atoms with Crippen molar-refractivity contribution >= 4 is 5.95 Å². The van der Waals surface area contributed by atoms with E-state index in [-0.39, 0.29) is 5.56 Å². The highest BCUT2D eigenvalue weighted by Crippen LogP contribution is 2.27. The largest absolute Gasteiger partial charge is 0.378 e. The number of aromatic nitrogens is 2. The molecule has 0 aliphatic carbocycles. The quantitative estimate of drug-likeness (QED) is 0.832. The molecule has 6 nitrogen and oxygen atoms in total. The number of aromatic amines is 1. The van der Waals surface area contributed by atoms with Gasteiger partial charge < -0.3 is 14.5 Å². The summed E-state index contributed by atoms with van der Waals surface area (Å²) in [5.74, 6) is 1.60. The molecule has 2 saturated heterocycles. The molecule has 6 heteroatoms. The van der Waals surface area contributed by atoms with E-state index in [0.717, 1.165) is 51.3 Å². The molecule has 1 N–H and O–H groups in total. The van der Waals surface area contributed by atoms with Gasteiger partial charge in [-0.15, -0.1) is 0 Å². The van der Waals surface area contributed by atoms with Gasteiger partial charge in [0.05, 0.1) is 18.9 Å². The van der Waals surface area contributed by atoms with Crippen molar-refractivity contribution < 1.29 is 4.74 Å². The molecule has 2 unspecified atom stereocenters. The summed E-state index contributed by atoms with van der Waals surface area (Å²) in [6.45, 7) is 8.38. The SMILES string of the molecule is CC(CCN1CCC(c2cc(=O)[nH]c(N3CCOCC3)n2)C1)c1ccccc1. The summed E-state index contributed by atoms with van der Waals surface area (Å²) in [5.41, 5.74) is 2.29. The first-order valence-electron chi connectivity index (χ1n) is 10.4. The predicted molar refractivity (Wildman–Crippen MR) is 111 cm³/mol. The van der Waals surface area contributed by atoms with E-state index in [2.05, 4.69) is 52.0 Å². The van der Waals surface area contributed by atoms with Crippen molar-refractivity contribution in [3.8, 4) is 0 Å². The van der Waals surface area contributed by atoms with Crippen LogP contribution in [0.15, 0.2) is 41.2 Å². The lowest BCUT2D eigenvalue weighted by atomic mass is 9.98. The van der Waals surface area contributed by atoms with Crippen molar-refractivity contribution in [1.82, 2.24) is 14.9 Å². The maximum atomic E-state index is 12.2. The fourth-order valence-electron chi connectivity index (χ4n) is 4.20. The van der Waals surface area contributed by atoms with Gasteiger partial charge in [0.1, 0.15) is 0 Å². The molecule has 1 aromatic carbocycles. The molecule has 4 rings (SSSR count).